The Morgan fingerprint density at radius 2 is 2.05 bits per heavy atom. The number of hydrogen-bond donors (Lipinski definition) is 0. The number of anilines is 1. The molecule has 0 bridgehead atoms. The van der Waals surface area contributed by atoms with Crippen LogP contribution in [0.2, 0.25) is 0 Å². The highest BCUT2D eigenvalue weighted by Gasteiger charge is 2.37. The summed E-state index contributed by atoms with van der Waals surface area (Å²) in [6.07, 6.45) is 2.61. The molecule has 0 N–H and O–H groups in total. The van der Waals surface area contributed by atoms with Crippen molar-refractivity contribution in [3.8, 4) is 0 Å². The Hall–Kier alpha value is -1.09. The first-order chi connectivity index (χ1) is 9.15. The van der Waals surface area contributed by atoms with Crippen molar-refractivity contribution in [1.82, 2.24) is 9.88 Å². The van der Waals surface area contributed by atoms with Gasteiger partial charge < -0.3 is 9.80 Å². The Balaban J connectivity index is 1.81. The van der Waals surface area contributed by atoms with Gasteiger partial charge >= 0.3 is 0 Å². The second-order valence-electron chi connectivity index (χ2n) is 6.44. The van der Waals surface area contributed by atoms with Crippen LogP contribution in [0.15, 0.2) is 18.2 Å². The minimum absolute atomic E-state index is 0.510. The normalized spacial score (nSPS) is 27.9. The van der Waals surface area contributed by atoms with E-state index in [4.69, 9.17) is 4.98 Å². The van der Waals surface area contributed by atoms with Gasteiger partial charge in [-0.25, -0.2) is 4.98 Å². The molecule has 1 aromatic rings. The third-order valence-corrected chi connectivity index (χ3v) is 4.68. The van der Waals surface area contributed by atoms with Gasteiger partial charge in [0.15, 0.2) is 0 Å². The van der Waals surface area contributed by atoms with E-state index >= 15 is 0 Å². The molecule has 0 aliphatic carbocycles. The Morgan fingerprint density at radius 1 is 1.21 bits per heavy atom. The van der Waals surface area contributed by atoms with Crippen molar-refractivity contribution in [1.29, 1.82) is 0 Å². The highest BCUT2D eigenvalue weighted by Crippen LogP contribution is 2.34. The first-order valence-electron chi connectivity index (χ1n) is 7.57. The van der Waals surface area contributed by atoms with Gasteiger partial charge in [-0.1, -0.05) is 19.9 Å². The molecule has 0 amide bonds. The zero-order valence-electron chi connectivity index (χ0n) is 12.3. The number of rotatable bonds is 2. The highest BCUT2D eigenvalue weighted by molar-refractivity contribution is 5.43. The van der Waals surface area contributed by atoms with Crippen LogP contribution in [-0.4, -0.2) is 42.6 Å². The van der Waals surface area contributed by atoms with Gasteiger partial charge in [-0.2, -0.15) is 0 Å². The fraction of sp³-hybridized carbons (Fsp3) is 0.688. The molecule has 1 unspecified atom stereocenters. The molecule has 0 radical (unpaired) electrons. The zero-order valence-corrected chi connectivity index (χ0v) is 12.3. The molecule has 104 valence electrons. The van der Waals surface area contributed by atoms with Gasteiger partial charge in [0.05, 0.1) is 0 Å². The fourth-order valence-electron chi connectivity index (χ4n) is 3.57. The molecular formula is C16H25N3. The zero-order chi connectivity index (χ0) is 13.4. The molecule has 2 aliphatic heterocycles. The van der Waals surface area contributed by atoms with E-state index < -0.39 is 0 Å². The molecule has 19 heavy (non-hydrogen) atoms. The van der Waals surface area contributed by atoms with E-state index in [1.807, 2.05) is 0 Å². The Bertz CT molecular complexity index is 443. The van der Waals surface area contributed by atoms with Crippen molar-refractivity contribution in [2.45, 2.75) is 38.6 Å². The quantitative estimate of drug-likeness (QED) is 0.814. The molecule has 0 aromatic carbocycles. The summed E-state index contributed by atoms with van der Waals surface area (Å²) in [5, 5.41) is 0. The van der Waals surface area contributed by atoms with E-state index in [2.05, 4.69) is 48.9 Å². The lowest BCUT2D eigenvalue weighted by molar-refractivity contribution is 0.202. The summed E-state index contributed by atoms with van der Waals surface area (Å²) in [6, 6.07) is 7.22. The van der Waals surface area contributed by atoms with Crippen molar-refractivity contribution < 1.29 is 0 Å². The molecule has 1 aromatic heterocycles. The van der Waals surface area contributed by atoms with Crippen LogP contribution in [0, 0.1) is 5.92 Å². The molecule has 3 rings (SSSR count). The van der Waals surface area contributed by atoms with E-state index in [1.54, 1.807) is 0 Å². The largest absolute Gasteiger partial charge is 0.353 e. The molecule has 2 saturated heterocycles. The maximum absolute atomic E-state index is 4.88. The number of hydrogen-bond acceptors (Lipinski definition) is 3. The Morgan fingerprint density at radius 3 is 2.84 bits per heavy atom. The van der Waals surface area contributed by atoms with Crippen molar-refractivity contribution >= 4 is 5.82 Å². The van der Waals surface area contributed by atoms with Crippen LogP contribution in [0.25, 0.3) is 0 Å². The van der Waals surface area contributed by atoms with E-state index in [9.17, 15) is 0 Å². The van der Waals surface area contributed by atoms with Crippen LogP contribution in [-0.2, 0) is 0 Å². The molecule has 3 heterocycles. The van der Waals surface area contributed by atoms with Crippen LogP contribution >= 0.6 is 0 Å². The first kappa shape index (κ1) is 12.9. The van der Waals surface area contributed by atoms with Gasteiger partial charge in [0, 0.05) is 24.8 Å². The highest BCUT2D eigenvalue weighted by atomic mass is 15.3. The smallest absolute Gasteiger partial charge is 0.129 e. The van der Waals surface area contributed by atoms with Gasteiger partial charge in [-0.3, -0.25) is 0 Å². The van der Waals surface area contributed by atoms with E-state index in [-0.39, 0.29) is 0 Å². The van der Waals surface area contributed by atoms with Gasteiger partial charge in [0.25, 0.3) is 0 Å². The monoisotopic (exact) mass is 259 g/mol. The van der Waals surface area contributed by atoms with Crippen molar-refractivity contribution in [2.75, 3.05) is 31.6 Å². The molecular weight excluding hydrogens is 234 g/mol. The third kappa shape index (κ3) is 2.48. The SMILES string of the molecule is CC(C)c1cccc(N2CC[C@@H]3CN(C)CCC32)n1. The summed E-state index contributed by atoms with van der Waals surface area (Å²) in [4.78, 5) is 9.91. The summed E-state index contributed by atoms with van der Waals surface area (Å²) in [5.41, 5.74) is 1.22. The maximum Gasteiger partial charge on any atom is 0.129 e. The van der Waals surface area contributed by atoms with Gasteiger partial charge in [0.2, 0.25) is 0 Å². The second kappa shape index (κ2) is 5.12. The number of likely N-dealkylation sites (tertiary alicyclic amines) is 1. The molecule has 2 fully saturated rings. The first-order valence-corrected chi connectivity index (χ1v) is 7.57. The Kier molecular flexibility index (Phi) is 3.48. The Labute approximate surface area is 116 Å². The van der Waals surface area contributed by atoms with Crippen LogP contribution in [0.4, 0.5) is 5.82 Å². The van der Waals surface area contributed by atoms with Crippen LogP contribution < -0.4 is 4.90 Å². The lowest BCUT2D eigenvalue weighted by Crippen LogP contribution is -2.44. The second-order valence-corrected chi connectivity index (χ2v) is 6.44. The molecule has 0 spiro atoms. The molecule has 2 aliphatic rings. The van der Waals surface area contributed by atoms with Gasteiger partial charge in [-0.15, -0.1) is 0 Å². The van der Waals surface area contributed by atoms with E-state index in [1.165, 1.54) is 44.0 Å². The van der Waals surface area contributed by atoms with E-state index in [0.717, 1.165) is 5.92 Å². The van der Waals surface area contributed by atoms with Crippen LogP contribution in [0.3, 0.4) is 0 Å². The van der Waals surface area contributed by atoms with Crippen LogP contribution in [0.5, 0.6) is 0 Å². The minimum atomic E-state index is 0.510. The summed E-state index contributed by atoms with van der Waals surface area (Å²) in [5.74, 6) is 2.54. The lowest BCUT2D eigenvalue weighted by Gasteiger charge is -2.36. The number of aromatic nitrogens is 1. The summed E-state index contributed by atoms with van der Waals surface area (Å²) in [7, 11) is 2.25. The standard InChI is InChI=1S/C16H25N3/c1-12(2)14-5-4-6-16(17-14)19-10-7-13-11-18(3)9-8-15(13)19/h4-6,12-13,15H,7-11H2,1-3H3/t13-,15?/m1/s1. The maximum atomic E-state index is 4.88. The number of piperidine rings is 1. The summed E-state index contributed by atoms with van der Waals surface area (Å²) < 4.78 is 0. The number of nitrogens with zero attached hydrogens (tertiary/aromatic N) is 3. The topological polar surface area (TPSA) is 19.4 Å². The number of pyridine rings is 1. The average Bonchev–Trinajstić information content (AvgIpc) is 2.81. The molecule has 3 nitrogen and oxygen atoms in total. The molecule has 3 heteroatoms. The number of fused-ring (bicyclic) bond motifs is 1. The molecule has 2 atom stereocenters. The fourth-order valence-corrected chi connectivity index (χ4v) is 3.57. The van der Waals surface area contributed by atoms with E-state index in [0.29, 0.717) is 12.0 Å². The molecule has 0 saturated carbocycles. The predicted octanol–water partition coefficient (Wildman–Crippen LogP) is 2.74. The van der Waals surface area contributed by atoms with Gasteiger partial charge in [-0.05, 0) is 50.4 Å². The lowest BCUT2D eigenvalue weighted by atomic mass is 9.93. The minimum Gasteiger partial charge on any atom is -0.353 e. The van der Waals surface area contributed by atoms with Crippen molar-refractivity contribution in [2.24, 2.45) is 5.92 Å². The van der Waals surface area contributed by atoms with Gasteiger partial charge in [0.1, 0.15) is 5.82 Å². The summed E-state index contributed by atoms with van der Waals surface area (Å²) >= 11 is 0. The third-order valence-electron chi connectivity index (χ3n) is 4.68. The average molecular weight is 259 g/mol. The van der Waals surface area contributed by atoms with Crippen LogP contribution in [0.1, 0.15) is 38.3 Å². The predicted molar refractivity (Wildman–Crippen MR) is 79.7 cm³/mol. The summed E-state index contributed by atoms with van der Waals surface area (Å²) in [6.45, 7) is 8.09. The van der Waals surface area contributed by atoms with Crippen molar-refractivity contribution in [3.63, 3.8) is 0 Å². The van der Waals surface area contributed by atoms with Crippen molar-refractivity contribution in [3.05, 3.63) is 23.9 Å².